The van der Waals surface area contributed by atoms with Crippen molar-refractivity contribution in [3.05, 3.63) is 24.3 Å². The highest BCUT2D eigenvalue weighted by molar-refractivity contribution is 5.94. The number of amides is 1. The summed E-state index contributed by atoms with van der Waals surface area (Å²) in [5.74, 6) is 1.35. The van der Waals surface area contributed by atoms with Gasteiger partial charge in [-0.1, -0.05) is 26.0 Å². The molecule has 0 aromatic heterocycles. The number of benzene rings is 1. The first-order valence-electron chi connectivity index (χ1n) is 6.90. The molecule has 0 radical (unpaired) electrons. The van der Waals surface area contributed by atoms with Gasteiger partial charge >= 0.3 is 0 Å². The molecule has 4 heteroatoms. The molecule has 0 bridgehead atoms. The number of anilines is 1. The lowest BCUT2D eigenvalue weighted by Gasteiger charge is -2.15. The average Bonchev–Trinajstić information content (AvgIpc) is 2.91. The number of hydrogen-bond donors (Lipinski definition) is 2. The molecule has 0 spiro atoms. The van der Waals surface area contributed by atoms with Crippen LogP contribution in [0.5, 0.6) is 5.75 Å². The van der Waals surface area contributed by atoms with Gasteiger partial charge in [-0.2, -0.15) is 0 Å². The van der Waals surface area contributed by atoms with E-state index in [2.05, 4.69) is 24.5 Å². The maximum Gasteiger partial charge on any atom is 0.228 e. The molecule has 1 unspecified atom stereocenters. The zero-order valence-corrected chi connectivity index (χ0v) is 11.6. The van der Waals surface area contributed by atoms with E-state index in [1.807, 2.05) is 24.3 Å². The summed E-state index contributed by atoms with van der Waals surface area (Å²) in [7, 11) is 0. The Morgan fingerprint density at radius 3 is 2.95 bits per heavy atom. The molecule has 0 saturated carbocycles. The molecule has 104 valence electrons. The van der Waals surface area contributed by atoms with Gasteiger partial charge in [-0.3, -0.25) is 4.79 Å². The molecule has 1 aliphatic heterocycles. The summed E-state index contributed by atoms with van der Waals surface area (Å²) in [6.07, 6.45) is 0.904. The molecule has 2 rings (SSSR count). The minimum atomic E-state index is 0.0677. The summed E-state index contributed by atoms with van der Waals surface area (Å²) >= 11 is 0. The molecule has 1 heterocycles. The Balaban J connectivity index is 2.00. The van der Waals surface area contributed by atoms with Crippen molar-refractivity contribution in [2.45, 2.75) is 20.3 Å². The molecule has 1 fully saturated rings. The smallest absolute Gasteiger partial charge is 0.228 e. The second kappa shape index (κ2) is 6.57. The molecular formula is C15H22N2O2. The van der Waals surface area contributed by atoms with E-state index in [1.54, 1.807) is 0 Å². The van der Waals surface area contributed by atoms with Crippen LogP contribution < -0.4 is 15.4 Å². The predicted molar refractivity (Wildman–Crippen MR) is 76.4 cm³/mol. The Morgan fingerprint density at radius 2 is 2.26 bits per heavy atom. The predicted octanol–water partition coefficient (Wildman–Crippen LogP) is 2.27. The second-order valence-electron chi connectivity index (χ2n) is 5.38. The van der Waals surface area contributed by atoms with Crippen molar-refractivity contribution in [2.24, 2.45) is 11.8 Å². The van der Waals surface area contributed by atoms with Gasteiger partial charge in [0.1, 0.15) is 5.75 Å². The number of hydrogen-bond acceptors (Lipinski definition) is 3. The first-order chi connectivity index (χ1) is 9.16. The molecule has 19 heavy (non-hydrogen) atoms. The Kier molecular flexibility index (Phi) is 4.80. The van der Waals surface area contributed by atoms with E-state index < -0.39 is 0 Å². The third kappa shape index (κ3) is 3.96. The Bertz CT molecular complexity index is 426. The van der Waals surface area contributed by atoms with E-state index in [0.29, 0.717) is 12.5 Å². The normalized spacial score (nSPS) is 18.6. The fraction of sp³-hybridized carbons (Fsp3) is 0.533. The van der Waals surface area contributed by atoms with Gasteiger partial charge in [-0.15, -0.1) is 0 Å². The minimum absolute atomic E-state index is 0.0677. The Morgan fingerprint density at radius 1 is 1.47 bits per heavy atom. The largest absolute Gasteiger partial charge is 0.491 e. The van der Waals surface area contributed by atoms with Crippen molar-refractivity contribution in [2.75, 3.05) is 25.0 Å². The second-order valence-corrected chi connectivity index (χ2v) is 5.38. The quantitative estimate of drug-likeness (QED) is 0.856. The molecule has 1 aromatic rings. The Hall–Kier alpha value is -1.55. The number of carbonyl (C=O) groups excluding carboxylic acids is 1. The minimum Gasteiger partial charge on any atom is -0.491 e. The van der Waals surface area contributed by atoms with Crippen LogP contribution in [-0.4, -0.2) is 25.6 Å². The fourth-order valence-electron chi connectivity index (χ4n) is 2.07. The van der Waals surface area contributed by atoms with Gasteiger partial charge in [0.2, 0.25) is 5.91 Å². The summed E-state index contributed by atoms with van der Waals surface area (Å²) < 4.78 is 5.73. The van der Waals surface area contributed by atoms with Crippen molar-refractivity contribution in [3.63, 3.8) is 0 Å². The molecule has 1 aromatic carbocycles. The highest BCUT2D eigenvalue weighted by Gasteiger charge is 2.23. The first-order valence-corrected chi connectivity index (χ1v) is 6.90. The zero-order valence-electron chi connectivity index (χ0n) is 11.6. The number of rotatable bonds is 5. The molecule has 1 amide bonds. The number of ether oxygens (including phenoxy) is 1. The van der Waals surface area contributed by atoms with Crippen LogP contribution in [0, 0.1) is 11.8 Å². The van der Waals surface area contributed by atoms with Crippen molar-refractivity contribution in [3.8, 4) is 5.75 Å². The molecule has 4 nitrogen and oxygen atoms in total. The summed E-state index contributed by atoms with van der Waals surface area (Å²) in [6, 6.07) is 7.61. The van der Waals surface area contributed by atoms with E-state index in [0.717, 1.165) is 30.9 Å². The third-order valence-electron chi connectivity index (χ3n) is 3.15. The van der Waals surface area contributed by atoms with E-state index >= 15 is 0 Å². The number of nitrogens with one attached hydrogen (secondary N) is 2. The molecule has 1 aliphatic rings. The average molecular weight is 262 g/mol. The van der Waals surface area contributed by atoms with Gasteiger partial charge < -0.3 is 15.4 Å². The van der Waals surface area contributed by atoms with Crippen molar-refractivity contribution in [1.82, 2.24) is 5.32 Å². The van der Waals surface area contributed by atoms with Gasteiger partial charge in [-0.25, -0.2) is 0 Å². The molecule has 0 aliphatic carbocycles. The fourth-order valence-corrected chi connectivity index (χ4v) is 2.07. The van der Waals surface area contributed by atoms with Gasteiger partial charge in [0.15, 0.2) is 0 Å². The highest BCUT2D eigenvalue weighted by Crippen LogP contribution is 2.25. The topological polar surface area (TPSA) is 50.4 Å². The van der Waals surface area contributed by atoms with Crippen LogP contribution in [-0.2, 0) is 4.79 Å². The van der Waals surface area contributed by atoms with Crippen molar-refractivity contribution >= 4 is 11.6 Å². The van der Waals surface area contributed by atoms with Gasteiger partial charge in [0.25, 0.3) is 0 Å². The highest BCUT2D eigenvalue weighted by atomic mass is 16.5. The van der Waals surface area contributed by atoms with Crippen LogP contribution >= 0.6 is 0 Å². The van der Waals surface area contributed by atoms with Crippen molar-refractivity contribution in [1.29, 1.82) is 0 Å². The van der Waals surface area contributed by atoms with E-state index in [9.17, 15) is 4.79 Å². The maximum absolute atomic E-state index is 12.1. The van der Waals surface area contributed by atoms with Crippen LogP contribution in [0.25, 0.3) is 0 Å². The van der Waals surface area contributed by atoms with E-state index in [-0.39, 0.29) is 11.8 Å². The lowest BCUT2D eigenvalue weighted by atomic mass is 10.1. The molecule has 1 atom stereocenters. The summed E-state index contributed by atoms with van der Waals surface area (Å²) in [5, 5.41) is 6.17. The summed E-state index contributed by atoms with van der Waals surface area (Å²) in [6.45, 7) is 6.54. The first kappa shape index (κ1) is 13.9. The molecule has 2 N–H and O–H groups in total. The summed E-state index contributed by atoms with van der Waals surface area (Å²) in [4.78, 5) is 12.1. The standard InChI is InChI=1S/C15H22N2O2/c1-11(2)10-19-14-6-4-3-5-13(14)17-15(18)12-7-8-16-9-12/h3-6,11-12,16H,7-10H2,1-2H3,(H,17,18). The number of carbonyl (C=O) groups is 1. The van der Waals surface area contributed by atoms with Gasteiger partial charge in [0, 0.05) is 6.54 Å². The van der Waals surface area contributed by atoms with Crippen LogP contribution in [0.15, 0.2) is 24.3 Å². The lowest BCUT2D eigenvalue weighted by Crippen LogP contribution is -2.25. The third-order valence-corrected chi connectivity index (χ3v) is 3.15. The summed E-state index contributed by atoms with van der Waals surface area (Å²) in [5.41, 5.74) is 0.764. The molecular weight excluding hydrogens is 240 g/mol. The van der Waals surface area contributed by atoms with E-state index in [4.69, 9.17) is 4.74 Å². The maximum atomic E-state index is 12.1. The molecule has 1 saturated heterocycles. The van der Waals surface area contributed by atoms with E-state index in [1.165, 1.54) is 0 Å². The van der Waals surface area contributed by atoms with Crippen LogP contribution in [0.1, 0.15) is 20.3 Å². The van der Waals surface area contributed by atoms with Gasteiger partial charge in [-0.05, 0) is 31.0 Å². The lowest BCUT2D eigenvalue weighted by molar-refractivity contribution is -0.119. The van der Waals surface area contributed by atoms with Crippen LogP contribution in [0.3, 0.4) is 0 Å². The Labute approximate surface area is 114 Å². The SMILES string of the molecule is CC(C)COc1ccccc1NC(=O)C1CCNC1. The monoisotopic (exact) mass is 262 g/mol. The van der Waals surface area contributed by atoms with Gasteiger partial charge in [0.05, 0.1) is 18.2 Å². The van der Waals surface area contributed by atoms with Crippen molar-refractivity contribution < 1.29 is 9.53 Å². The van der Waals surface area contributed by atoms with Crippen LogP contribution in [0.2, 0.25) is 0 Å². The van der Waals surface area contributed by atoms with Crippen LogP contribution in [0.4, 0.5) is 5.69 Å². The number of para-hydroxylation sites is 2. The zero-order chi connectivity index (χ0) is 13.7.